The van der Waals surface area contributed by atoms with Gasteiger partial charge in [-0.3, -0.25) is 0 Å². The lowest BCUT2D eigenvalue weighted by atomic mass is 10.1. The van der Waals surface area contributed by atoms with E-state index in [1.165, 1.54) is 64.7 Å². The van der Waals surface area contributed by atoms with Gasteiger partial charge in [-0.05, 0) is 138 Å². The van der Waals surface area contributed by atoms with Gasteiger partial charge in [0, 0.05) is 177 Å². The van der Waals surface area contributed by atoms with E-state index in [1.807, 2.05) is 38.9 Å². The van der Waals surface area contributed by atoms with Gasteiger partial charge < -0.3 is 97.9 Å². The predicted octanol–water partition coefficient (Wildman–Crippen LogP) is 27.1. The minimum Gasteiger partial charge on any atom is -0.442 e. The summed E-state index contributed by atoms with van der Waals surface area (Å²) in [5.74, 6) is 0. The van der Waals surface area contributed by atoms with Crippen LogP contribution in [0, 0.1) is 0 Å². The predicted molar refractivity (Wildman–Crippen MR) is 571 cm³/mol. The van der Waals surface area contributed by atoms with Crippen LogP contribution in [-0.2, 0) is 98.0 Å². The van der Waals surface area contributed by atoms with Crippen LogP contribution in [0.15, 0.2) is 84.9 Å². The van der Waals surface area contributed by atoms with Crippen LogP contribution >= 0.6 is 0 Å². The van der Waals surface area contributed by atoms with Crippen molar-refractivity contribution in [2.75, 3.05) is 154 Å². The van der Waals surface area contributed by atoms with Crippen molar-refractivity contribution in [2.45, 2.75) is 316 Å². The summed E-state index contributed by atoms with van der Waals surface area (Å²) >= 11 is 0. The van der Waals surface area contributed by atoms with Crippen LogP contribution in [-0.4, -0.2) is 250 Å². The highest BCUT2D eigenvalue weighted by Crippen LogP contribution is 2.34. The third-order valence-electron chi connectivity index (χ3n) is 16.3. The minimum atomic E-state index is -2.65. The van der Waals surface area contributed by atoms with Crippen LogP contribution in [0.4, 0.5) is 17.1 Å². The molecule has 0 spiro atoms. The van der Waals surface area contributed by atoms with E-state index < -0.39 is 85.9 Å². The molecule has 35 heteroatoms. The molecule has 0 aliphatic rings. The van der Waals surface area contributed by atoms with Gasteiger partial charge in [-0.2, -0.15) is 0 Å². The highest BCUT2D eigenvalue weighted by molar-refractivity contribution is 6.86. The number of hydrogen-bond acceptors (Lipinski definition) is 24. The fourth-order valence-corrected chi connectivity index (χ4v) is 25.8. The molecule has 0 amide bonds. The first-order valence-corrected chi connectivity index (χ1v) is 60.6. The Labute approximate surface area is 770 Å². The normalized spacial score (nSPS) is 10.6. The zero-order valence-corrected chi connectivity index (χ0v) is 79.6. The number of hydrogen-bond donors (Lipinski definition) is 1. The summed E-state index contributed by atoms with van der Waals surface area (Å²) in [5, 5.41) is 1.23. The summed E-state index contributed by atoms with van der Waals surface area (Å²) in [5.41, 5.74) is 3.34. The molecule has 3 aromatic rings. The van der Waals surface area contributed by atoms with Crippen LogP contribution in [0.1, 0.15) is 194 Å². The molecule has 0 aliphatic heterocycles. The second-order valence-corrected chi connectivity index (χ2v) is 61.6. The van der Waals surface area contributed by atoms with Gasteiger partial charge in [0.05, 0.1) is 14.2 Å². The Morgan fingerprint density at radius 1 is 0.258 bits per heavy atom. The molecular weight excluding hydrogens is 1710 g/mol. The summed E-state index contributed by atoms with van der Waals surface area (Å²) in [6.45, 7) is 26.6. The Hall–Kier alpha value is -1.07. The number of anilines is 3. The third-order valence-corrected chi connectivity index (χ3v) is 44.6. The van der Waals surface area contributed by atoms with Crippen molar-refractivity contribution < 1.29 is 103 Å². The second-order valence-electron chi connectivity index (χ2n) is 24.7. The highest BCUT2D eigenvalue weighted by Gasteiger charge is 2.43. The maximum Gasteiger partial charge on any atom is 0.500 e. The minimum absolute atomic E-state index is 0. The zero-order chi connectivity index (χ0) is 77.5. The van der Waals surface area contributed by atoms with E-state index in [0.717, 1.165) is 53.7 Å². The van der Waals surface area contributed by atoms with Gasteiger partial charge >= 0.3 is 60.9 Å². The average molecular weight is 1940 g/mol. The lowest BCUT2D eigenvalue weighted by Crippen LogP contribution is -2.51. The topological polar surface area (TPSA) is 227 Å². The largest absolute Gasteiger partial charge is 0.500 e. The maximum atomic E-state index is 8.74. The number of nitrogens with zero attached hydrogens (tertiary/aromatic N) is 1. The van der Waals surface area contributed by atoms with Crippen molar-refractivity contribution in [3.05, 3.63) is 84.9 Å². The molecule has 120 heavy (non-hydrogen) atoms. The number of rotatable bonds is 41. The summed E-state index contributed by atoms with van der Waals surface area (Å²) in [7, 11) is 14.3. The third kappa shape index (κ3) is 90.3. The molecule has 1 atom stereocenters. The first kappa shape index (κ1) is 192. The molecule has 0 saturated heterocycles. The van der Waals surface area contributed by atoms with Crippen LogP contribution in [0.3, 0.4) is 0 Å². The van der Waals surface area contributed by atoms with Crippen molar-refractivity contribution in [3.8, 4) is 0 Å². The Morgan fingerprint density at radius 2 is 0.508 bits per heavy atom. The van der Waals surface area contributed by atoms with Crippen molar-refractivity contribution in [1.82, 2.24) is 0 Å². The first-order chi connectivity index (χ1) is 46.3. The number of unbranched alkanes of at least 4 members (excludes halogenated alkanes) is 5. The fourth-order valence-electron chi connectivity index (χ4n) is 7.99. The van der Waals surface area contributed by atoms with Crippen molar-refractivity contribution in [1.29, 1.82) is 0 Å². The Bertz CT molecular complexity index is 2220. The molecule has 24 nitrogen and oxygen atoms in total. The number of benzene rings is 3. The average Bonchev–Trinajstić information content (AvgIpc) is 0.796. The molecule has 0 saturated carbocycles. The van der Waals surface area contributed by atoms with Gasteiger partial charge in [0.25, 0.3) is 0 Å². The van der Waals surface area contributed by atoms with Crippen LogP contribution < -0.4 is 10.1 Å². The SMILES string of the molecule is C.C.C.C.C.C.C.C.C.C.C.C.C.C.C.C.C.C.C.C.C.COOC.CO[Si](C)(C)CCCCCCCC[Si](OC)(OC)OC.CO[Si](C)(C)CC[Si](OC)(OC)OC.CO[Si](C)(C)O.CO[Si](C)(C)OC.CO[Si](C)(C)O[SiH2]C.CO[Si](C)(OC)OC.CO[Si](CC[Si](C)(OC)c1ccc(N(c2ccccc2)c2ccccc2)cc1)(OC)OC. The first-order valence-electron chi connectivity index (χ1n) is 33.2. The van der Waals surface area contributed by atoms with Crippen LogP contribution in [0.25, 0.3) is 0 Å². The monoisotopic (exact) mass is 1940 g/mol. The summed E-state index contributed by atoms with van der Waals surface area (Å²) in [6, 6.07) is 35.1. The molecule has 0 fully saturated rings. The van der Waals surface area contributed by atoms with Crippen molar-refractivity contribution in [3.63, 3.8) is 0 Å². The maximum absolute atomic E-state index is 8.74. The van der Waals surface area contributed by atoms with Gasteiger partial charge in [0.2, 0.25) is 8.32 Å². The molecule has 0 radical (unpaired) electrons. The molecule has 0 aliphatic carbocycles. The lowest BCUT2D eigenvalue weighted by molar-refractivity contribution is -0.248. The van der Waals surface area contributed by atoms with E-state index in [2.05, 4.69) is 144 Å². The number of para-hydroxylation sites is 2. The Morgan fingerprint density at radius 3 is 0.717 bits per heavy atom. The second kappa shape index (κ2) is 107. The molecule has 3 rings (SSSR count). The van der Waals surface area contributed by atoms with Gasteiger partial charge in [0.1, 0.15) is 9.76 Å². The van der Waals surface area contributed by atoms with Crippen LogP contribution in [0.5, 0.6) is 0 Å². The van der Waals surface area contributed by atoms with Gasteiger partial charge in [-0.25, -0.2) is 9.78 Å². The van der Waals surface area contributed by atoms with E-state index >= 15 is 0 Å². The van der Waals surface area contributed by atoms with Crippen molar-refractivity contribution in [2.24, 2.45) is 0 Å². The molecule has 1 unspecified atom stereocenters. The molecule has 0 heterocycles. The molecule has 0 aromatic heterocycles. The molecule has 754 valence electrons. The molecule has 1 N–H and O–H groups in total. The van der Waals surface area contributed by atoms with E-state index in [9.17, 15) is 0 Å². The smallest absolute Gasteiger partial charge is 0.442 e. The fraction of sp³-hybridized carbons (Fsp3) is 0.788. The van der Waals surface area contributed by atoms with E-state index in [-0.39, 0.29) is 166 Å². The summed E-state index contributed by atoms with van der Waals surface area (Å²) in [4.78, 5) is 19.1. The lowest BCUT2D eigenvalue weighted by Gasteiger charge is -2.31. The summed E-state index contributed by atoms with van der Waals surface area (Å²) in [6.07, 6.45) is 7.59. The standard InChI is InChI=1S/C25H33NO4Si2.C14H34O4Si2.C8H22O4Si2.C4H12O3Si.C4H14O2Si2.C4H12O2Si.C3H10O2Si.C2H6O2.21CH4/c1-27-31(5,20-21-32(28-2,29-3)30-4)25-18-16-24(17-19-25)26(22-12-8-6-9-13-22)23-14-10-7-11-15-23;1-15-19(5,6)13-11-9-7-8-10-12-14-20(16-2,17-3)18-4;1-9-13(5,6)7-8-14(10-2,11-3)12-4;1-5-8(4,6-2)7-3;1-5-8(3,4)6-7-2;1-5-7(3,4)6-2;1-5-6(2,3)4;1-3-4-2;;;;;;;;;;;;;;;;;;;;;/h6-19H,20-21H2,1-5H3;7-14H2,1-6H3;7-8H2,1-6H3;1-4H3;7H2,1-4H3;1-4H3;4H,1-3H3;1-2H3;21*1H4. The summed E-state index contributed by atoms with van der Waals surface area (Å²) < 4.78 is 106. The van der Waals surface area contributed by atoms with Gasteiger partial charge in [-0.15, -0.1) is 0 Å². The van der Waals surface area contributed by atoms with E-state index in [1.54, 1.807) is 134 Å². The van der Waals surface area contributed by atoms with Crippen LogP contribution in [0.2, 0.25) is 121 Å². The highest BCUT2D eigenvalue weighted by atomic mass is 28.4. The van der Waals surface area contributed by atoms with E-state index in [4.69, 9.17) is 88.6 Å². The molecular formula is C85H227NO23Si11. The molecule has 0 bridgehead atoms. The van der Waals surface area contributed by atoms with E-state index in [0.29, 0.717) is 0 Å². The zero-order valence-electron chi connectivity index (χ0n) is 68.2. The van der Waals surface area contributed by atoms with Crippen molar-refractivity contribution >= 4 is 118 Å². The van der Waals surface area contributed by atoms with Gasteiger partial charge in [0.15, 0.2) is 16.6 Å². The van der Waals surface area contributed by atoms with Gasteiger partial charge in [-0.1, -0.05) is 243 Å². The Balaban J connectivity index is -0.0000000371. The quantitative estimate of drug-likeness (QED) is 0.0241. The Kier molecular flexibility index (Phi) is 170. The molecule has 3 aromatic carbocycles.